The number of amides is 1. The van der Waals surface area contributed by atoms with Gasteiger partial charge in [-0.15, -0.1) is 0 Å². The Morgan fingerprint density at radius 1 is 1.06 bits per heavy atom. The summed E-state index contributed by atoms with van der Waals surface area (Å²) in [5.41, 5.74) is 0.0270. The van der Waals surface area contributed by atoms with E-state index >= 15 is 0 Å². The van der Waals surface area contributed by atoms with E-state index < -0.39 is 17.5 Å². The summed E-state index contributed by atoms with van der Waals surface area (Å²) >= 11 is 0. The quantitative estimate of drug-likeness (QED) is 0.145. The monoisotopic (exact) mass is 481 g/mol. The molecule has 1 aromatic heterocycles. The van der Waals surface area contributed by atoms with Crippen molar-refractivity contribution in [2.24, 2.45) is 0 Å². The minimum Gasteiger partial charge on any atom is -0.493 e. The first-order valence-corrected chi connectivity index (χ1v) is 11.0. The summed E-state index contributed by atoms with van der Waals surface area (Å²) < 4.78 is 26.3. The van der Waals surface area contributed by atoms with Gasteiger partial charge >= 0.3 is 11.6 Å². The maximum atomic E-state index is 12.3. The van der Waals surface area contributed by atoms with Crippen LogP contribution in [-0.2, 0) is 9.53 Å². The van der Waals surface area contributed by atoms with Gasteiger partial charge in [0.25, 0.3) is 5.91 Å². The lowest BCUT2D eigenvalue weighted by Gasteiger charge is -2.09. The van der Waals surface area contributed by atoms with E-state index in [1.165, 1.54) is 25.3 Å². The number of benzene rings is 2. The molecule has 2 aromatic carbocycles. The van der Waals surface area contributed by atoms with Crippen LogP contribution < -0.4 is 25.2 Å². The van der Waals surface area contributed by atoms with Crippen molar-refractivity contribution < 1.29 is 33.0 Å². The average Bonchev–Trinajstić information content (AvgIpc) is 2.85. The largest absolute Gasteiger partial charge is 0.493 e. The van der Waals surface area contributed by atoms with Crippen molar-refractivity contribution in [3.63, 3.8) is 0 Å². The van der Waals surface area contributed by atoms with Gasteiger partial charge < -0.3 is 28.7 Å². The van der Waals surface area contributed by atoms with E-state index in [2.05, 4.69) is 5.32 Å². The molecule has 0 aliphatic rings. The van der Waals surface area contributed by atoms with E-state index in [9.17, 15) is 14.4 Å². The van der Waals surface area contributed by atoms with Crippen molar-refractivity contribution in [2.45, 2.75) is 13.3 Å². The van der Waals surface area contributed by atoms with Gasteiger partial charge in [-0.25, -0.2) is 9.59 Å². The Morgan fingerprint density at radius 2 is 1.89 bits per heavy atom. The predicted molar refractivity (Wildman–Crippen MR) is 130 cm³/mol. The zero-order chi connectivity index (χ0) is 25.2. The van der Waals surface area contributed by atoms with Gasteiger partial charge in [0, 0.05) is 37.8 Å². The molecule has 0 radical (unpaired) electrons. The average molecular weight is 482 g/mol. The molecule has 0 unspecified atom stereocenters. The minimum absolute atomic E-state index is 0.103. The van der Waals surface area contributed by atoms with Gasteiger partial charge in [0.2, 0.25) is 0 Å². The highest BCUT2D eigenvalue weighted by Gasteiger charge is 2.14. The number of fused-ring (bicyclic) bond motifs is 1. The lowest BCUT2D eigenvalue weighted by Crippen LogP contribution is -2.29. The summed E-state index contributed by atoms with van der Waals surface area (Å²) in [7, 11) is 3.11. The molecular formula is C26H27NO8. The number of methoxy groups -OCH3 is 2. The fourth-order valence-electron chi connectivity index (χ4n) is 3.20. The molecule has 9 nitrogen and oxygen atoms in total. The van der Waals surface area contributed by atoms with Crippen LogP contribution in [0.4, 0.5) is 0 Å². The van der Waals surface area contributed by atoms with Crippen LogP contribution in [0.5, 0.6) is 17.2 Å². The molecule has 0 aliphatic heterocycles. The molecular weight excluding hydrogens is 454 g/mol. The number of esters is 1. The Morgan fingerprint density at radius 3 is 2.63 bits per heavy atom. The van der Waals surface area contributed by atoms with Crippen LogP contribution in [0, 0.1) is 0 Å². The van der Waals surface area contributed by atoms with Crippen LogP contribution in [0.3, 0.4) is 0 Å². The topological polar surface area (TPSA) is 113 Å². The van der Waals surface area contributed by atoms with Crippen molar-refractivity contribution in [3.05, 3.63) is 70.1 Å². The number of rotatable bonds is 11. The van der Waals surface area contributed by atoms with Crippen molar-refractivity contribution in [1.29, 1.82) is 0 Å². The van der Waals surface area contributed by atoms with Crippen molar-refractivity contribution in [1.82, 2.24) is 5.32 Å². The third-order valence-corrected chi connectivity index (χ3v) is 4.88. The Kier molecular flexibility index (Phi) is 9.02. The Labute approximate surface area is 202 Å². The molecule has 1 N–H and O–H groups in total. The molecule has 0 bridgehead atoms. The smallest absolute Gasteiger partial charge is 0.349 e. The number of nitrogens with one attached hydrogen (secondary N) is 1. The zero-order valence-corrected chi connectivity index (χ0v) is 19.8. The lowest BCUT2D eigenvalue weighted by atomic mass is 10.1. The Bertz CT molecular complexity index is 1280. The number of hydrogen-bond acceptors (Lipinski definition) is 8. The van der Waals surface area contributed by atoms with E-state index in [0.29, 0.717) is 43.1 Å². The van der Waals surface area contributed by atoms with Crippen molar-refractivity contribution >= 4 is 28.9 Å². The van der Waals surface area contributed by atoms with Gasteiger partial charge in [-0.3, -0.25) is 4.79 Å². The minimum atomic E-state index is -0.783. The molecule has 1 amide bonds. The van der Waals surface area contributed by atoms with Gasteiger partial charge in [0.15, 0.2) is 11.5 Å². The van der Waals surface area contributed by atoms with Gasteiger partial charge in [-0.1, -0.05) is 6.07 Å². The van der Waals surface area contributed by atoms with E-state index in [1.54, 1.807) is 43.5 Å². The van der Waals surface area contributed by atoms with Crippen LogP contribution in [-0.4, -0.2) is 45.9 Å². The van der Waals surface area contributed by atoms with Gasteiger partial charge in [0.05, 0.1) is 13.7 Å². The third kappa shape index (κ3) is 6.94. The first-order valence-electron chi connectivity index (χ1n) is 11.0. The van der Waals surface area contributed by atoms with Crippen LogP contribution in [0.25, 0.3) is 17.0 Å². The van der Waals surface area contributed by atoms with E-state index in [-0.39, 0.29) is 16.9 Å². The van der Waals surface area contributed by atoms with Crippen molar-refractivity contribution in [3.8, 4) is 17.2 Å². The second kappa shape index (κ2) is 12.4. The third-order valence-electron chi connectivity index (χ3n) is 4.88. The first-order chi connectivity index (χ1) is 16.9. The maximum Gasteiger partial charge on any atom is 0.349 e. The van der Waals surface area contributed by atoms with Crippen LogP contribution in [0.2, 0.25) is 0 Å². The molecule has 1 heterocycles. The molecule has 9 heteroatoms. The molecule has 0 saturated carbocycles. The number of carbonyl (C=O) groups excluding carboxylic acids is 2. The standard InChI is InChI=1S/C26H27NO8/c1-4-33-21-10-6-17(14-23(21)32-3)7-11-24(28)34-19-9-8-18-15-20(26(30)35-22(18)16-19)25(29)27-12-5-13-31-2/h6-11,14-16H,4-5,12-13H2,1-3H3,(H,27,29)/b11-7+. The van der Waals surface area contributed by atoms with Crippen molar-refractivity contribution in [2.75, 3.05) is 34.0 Å². The highest BCUT2D eigenvalue weighted by atomic mass is 16.5. The van der Waals surface area contributed by atoms with Gasteiger partial charge in [-0.05, 0) is 55.3 Å². The summed E-state index contributed by atoms with van der Waals surface area (Å²) in [6.45, 7) is 3.25. The Hall–Kier alpha value is -4.11. The summed E-state index contributed by atoms with van der Waals surface area (Å²) in [6, 6.07) is 11.3. The zero-order valence-electron chi connectivity index (χ0n) is 19.8. The normalized spacial score (nSPS) is 10.9. The predicted octanol–water partition coefficient (Wildman–Crippen LogP) is 3.59. The van der Waals surface area contributed by atoms with Crippen LogP contribution in [0.1, 0.15) is 29.3 Å². The molecule has 35 heavy (non-hydrogen) atoms. The van der Waals surface area contributed by atoms with Gasteiger partial charge in [0.1, 0.15) is 16.9 Å². The number of ether oxygens (including phenoxy) is 4. The first kappa shape index (κ1) is 25.5. The fourth-order valence-corrected chi connectivity index (χ4v) is 3.20. The van der Waals surface area contributed by atoms with Crippen LogP contribution in [0.15, 0.2) is 57.8 Å². The lowest BCUT2D eigenvalue weighted by molar-refractivity contribution is -0.128. The second-order valence-corrected chi connectivity index (χ2v) is 7.35. The van der Waals surface area contributed by atoms with E-state index in [4.69, 9.17) is 23.4 Å². The van der Waals surface area contributed by atoms with E-state index in [0.717, 1.165) is 5.56 Å². The molecule has 0 saturated heterocycles. The molecule has 184 valence electrons. The molecule has 3 rings (SSSR count). The molecule has 0 atom stereocenters. The SMILES string of the molecule is CCOc1ccc(/C=C/C(=O)Oc2ccc3cc(C(=O)NCCCOC)c(=O)oc3c2)cc1OC. The van der Waals surface area contributed by atoms with Crippen LogP contribution >= 0.6 is 0 Å². The second-order valence-electron chi connectivity index (χ2n) is 7.35. The van der Waals surface area contributed by atoms with E-state index in [1.807, 2.05) is 6.92 Å². The molecule has 0 spiro atoms. The summed E-state index contributed by atoms with van der Waals surface area (Å²) in [4.78, 5) is 36.8. The molecule has 0 aliphatic carbocycles. The fraction of sp³-hybridized carbons (Fsp3) is 0.269. The maximum absolute atomic E-state index is 12.3. The highest BCUT2D eigenvalue weighted by molar-refractivity contribution is 5.97. The highest BCUT2D eigenvalue weighted by Crippen LogP contribution is 2.28. The summed E-state index contributed by atoms with van der Waals surface area (Å²) in [5, 5.41) is 3.17. The Balaban J connectivity index is 1.68. The summed E-state index contributed by atoms with van der Waals surface area (Å²) in [5.74, 6) is 0.209. The molecule has 0 fully saturated rings. The summed E-state index contributed by atoms with van der Waals surface area (Å²) in [6.07, 6.45) is 3.47. The molecule has 3 aromatic rings. The number of hydrogen-bond donors (Lipinski definition) is 1. The van der Waals surface area contributed by atoms with Gasteiger partial charge in [-0.2, -0.15) is 0 Å². The number of carbonyl (C=O) groups is 2.